The fourth-order valence-corrected chi connectivity index (χ4v) is 16.7. The van der Waals surface area contributed by atoms with E-state index in [0.29, 0.717) is 35.5 Å². The summed E-state index contributed by atoms with van der Waals surface area (Å²) in [5, 5.41) is 0. The van der Waals surface area contributed by atoms with Crippen LogP contribution in [-0.4, -0.2) is 28.4 Å². The molecular weight excluding hydrogens is 1020 g/mol. The van der Waals surface area contributed by atoms with Crippen LogP contribution >= 0.6 is 0 Å². The van der Waals surface area contributed by atoms with E-state index in [9.17, 15) is 0 Å². The van der Waals surface area contributed by atoms with Crippen LogP contribution in [0.1, 0.15) is 112 Å². The molecule has 3 fully saturated rings. The molecule has 7 atom stereocenters. The van der Waals surface area contributed by atoms with Crippen LogP contribution in [-0.2, 0) is 19.6 Å². The second-order valence-corrected chi connectivity index (χ2v) is 25.7. The van der Waals surface area contributed by atoms with Crippen molar-refractivity contribution in [3.8, 4) is 28.0 Å². The topological polar surface area (TPSA) is 36.9 Å². The number of rotatable bonds is 13. The van der Waals surface area contributed by atoms with E-state index in [1.54, 1.807) is 36.5 Å². The van der Waals surface area contributed by atoms with Crippen LogP contribution in [0, 0.1) is 35.5 Å². The van der Waals surface area contributed by atoms with Gasteiger partial charge in [0.1, 0.15) is 5.75 Å². The Balaban J connectivity index is 0.855. The number of hydrogen-bond acceptors (Lipinski definition) is 4. The first kappa shape index (κ1) is 51.6. The minimum Gasteiger partial charge on any atom is -0.501 e. The minimum atomic E-state index is -0.489. The third-order valence-electron chi connectivity index (χ3n) is 21.5. The Bertz CT molecular complexity index is 4110. The maximum atomic E-state index is 5.80. The zero-order valence-electron chi connectivity index (χ0n) is 49.5. The van der Waals surface area contributed by atoms with Crippen LogP contribution < -0.4 is 4.74 Å². The second kappa shape index (κ2) is 20.0. The van der Waals surface area contributed by atoms with Gasteiger partial charge in [-0.05, 0) is 284 Å². The minimum absolute atomic E-state index is 0.489. The summed E-state index contributed by atoms with van der Waals surface area (Å²) in [4.78, 5) is 0. The lowest BCUT2D eigenvalue weighted by molar-refractivity contribution is 0.266. The lowest BCUT2D eigenvalue weighted by atomic mass is 9.65. The number of allylic oxidation sites excluding steroid dienone is 32. The van der Waals surface area contributed by atoms with Crippen LogP contribution in [0.3, 0.4) is 0 Å². The third-order valence-corrected chi connectivity index (χ3v) is 21.5. The predicted octanol–water partition coefficient (Wildman–Crippen LogP) is 19.3. The van der Waals surface area contributed by atoms with Gasteiger partial charge in [-0.1, -0.05) is 127 Å². The van der Waals surface area contributed by atoms with Gasteiger partial charge in [-0.2, -0.15) is 0 Å². The Morgan fingerprint density at radius 3 is 1.51 bits per heavy atom. The predicted molar refractivity (Wildman–Crippen MR) is 342 cm³/mol. The Morgan fingerprint density at radius 1 is 0.405 bits per heavy atom. The maximum absolute atomic E-state index is 5.80. The van der Waals surface area contributed by atoms with Crippen molar-refractivity contribution in [2.75, 3.05) is 28.4 Å². The molecule has 0 saturated heterocycles. The Kier molecular flexibility index (Phi) is 12.3. The molecule has 0 aliphatic heterocycles. The van der Waals surface area contributed by atoms with E-state index in [4.69, 9.17) is 18.9 Å². The van der Waals surface area contributed by atoms with Crippen molar-refractivity contribution in [3.05, 3.63) is 282 Å². The highest BCUT2D eigenvalue weighted by Crippen LogP contribution is 2.68. The molecule has 0 bridgehead atoms. The average Bonchev–Trinajstić information content (AvgIpc) is 1.60. The molecule has 4 unspecified atom stereocenters. The van der Waals surface area contributed by atoms with Gasteiger partial charge in [0.05, 0.1) is 51.1 Å². The fourth-order valence-electron chi connectivity index (χ4n) is 16.7. The molecule has 0 N–H and O–H groups in total. The van der Waals surface area contributed by atoms with Gasteiger partial charge in [0.15, 0.2) is 0 Å². The molecule has 12 aliphatic rings. The van der Waals surface area contributed by atoms with Gasteiger partial charge >= 0.3 is 0 Å². The van der Waals surface area contributed by atoms with Gasteiger partial charge in [-0.25, -0.2) is 0 Å². The van der Waals surface area contributed by atoms with Gasteiger partial charge < -0.3 is 18.9 Å². The van der Waals surface area contributed by atoms with Crippen LogP contribution in [0.5, 0.6) is 5.75 Å². The standard InChI is InChI=1S/C80H74O4/c1-46(7-8-47(2)81-3)48-9-11-51(12-10-48)55-23-29-64-65-30-25-57(53-17-19-54(20-18-53)60-35-37-78(83-5)72-44-69(60)72)41-75(65)80(74(64)39-55)76-40-56(52-15-13-49(14-16-52)50-21-27-59(82-4)28-22-50)24-31-66(76)67-32-26-58(42-77(67)80)61-33-34-62(70-43-68(61)70)63-36-38-79(84-6)73-45-71(63)73/h7-9,11,13-17,19,21-24,27-29,31,33-42,68-73H,10,12,18,20,25-26,30,32,43-45H2,1-6H3/b46-7+,47-8+/t68-,69-,70?,71-,72?,73?,80?/m1/s1. The zero-order valence-corrected chi connectivity index (χ0v) is 49.5. The van der Waals surface area contributed by atoms with E-state index in [-0.39, 0.29) is 0 Å². The third kappa shape index (κ3) is 8.28. The summed E-state index contributed by atoms with van der Waals surface area (Å²) in [5.74, 6) is 7.63. The van der Waals surface area contributed by atoms with Crippen molar-refractivity contribution in [1.82, 2.24) is 0 Å². The van der Waals surface area contributed by atoms with E-state index >= 15 is 0 Å². The van der Waals surface area contributed by atoms with Gasteiger partial charge in [-0.3, -0.25) is 0 Å². The fraction of sp³-hybridized carbons (Fsp3) is 0.300. The second-order valence-electron chi connectivity index (χ2n) is 25.7. The number of fused-ring (bicyclic) bond motifs is 11. The molecule has 3 saturated carbocycles. The first-order valence-corrected chi connectivity index (χ1v) is 31.2. The van der Waals surface area contributed by atoms with Crippen molar-refractivity contribution >= 4 is 16.7 Å². The van der Waals surface area contributed by atoms with Gasteiger partial charge in [0.2, 0.25) is 0 Å². The van der Waals surface area contributed by atoms with Crippen LogP contribution in [0.4, 0.5) is 0 Å². The van der Waals surface area contributed by atoms with Crippen LogP contribution in [0.25, 0.3) is 39.0 Å². The average molecular weight is 1100 g/mol. The van der Waals surface area contributed by atoms with Gasteiger partial charge in [-0.15, -0.1) is 0 Å². The molecule has 16 rings (SSSR count). The number of ether oxygens (including phenoxy) is 4. The molecule has 418 valence electrons. The zero-order chi connectivity index (χ0) is 56.5. The monoisotopic (exact) mass is 1100 g/mol. The lowest BCUT2D eigenvalue weighted by Crippen LogP contribution is -2.29. The van der Waals surface area contributed by atoms with Crippen LogP contribution in [0.2, 0.25) is 0 Å². The maximum Gasteiger partial charge on any atom is 0.118 e. The van der Waals surface area contributed by atoms with Crippen molar-refractivity contribution < 1.29 is 18.9 Å². The van der Waals surface area contributed by atoms with Gasteiger partial charge in [0, 0.05) is 11.8 Å². The molecule has 0 amide bonds. The largest absolute Gasteiger partial charge is 0.501 e. The Hall–Kier alpha value is -8.08. The van der Waals surface area contributed by atoms with E-state index in [1.807, 2.05) is 21.1 Å². The summed E-state index contributed by atoms with van der Waals surface area (Å²) in [6.07, 6.45) is 45.9. The van der Waals surface area contributed by atoms with Crippen molar-refractivity contribution in [1.29, 1.82) is 0 Å². The summed E-state index contributed by atoms with van der Waals surface area (Å²) >= 11 is 0. The van der Waals surface area contributed by atoms with E-state index in [0.717, 1.165) is 74.4 Å². The molecule has 0 aromatic heterocycles. The van der Waals surface area contributed by atoms with Crippen molar-refractivity contribution in [3.63, 3.8) is 0 Å². The molecule has 4 aromatic carbocycles. The lowest BCUT2D eigenvalue weighted by Gasteiger charge is -2.36. The number of benzene rings is 4. The Labute approximate surface area is 496 Å². The van der Waals surface area contributed by atoms with Crippen molar-refractivity contribution in [2.45, 2.75) is 89.9 Å². The molecule has 0 radical (unpaired) electrons. The van der Waals surface area contributed by atoms with E-state index in [1.165, 1.54) is 131 Å². The Morgan fingerprint density at radius 2 is 0.881 bits per heavy atom. The highest BCUT2D eigenvalue weighted by molar-refractivity contribution is 5.99. The first-order valence-electron chi connectivity index (χ1n) is 31.2. The summed E-state index contributed by atoms with van der Waals surface area (Å²) in [6.45, 7) is 4.25. The summed E-state index contributed by atoms with van der Waals surface area (Å²) < 4.78 is 22.6. The molecule has 1 spiro atoms. The number of methoxy groups -OCH3 is 4. The van der Waals surface area contributed by atoms with Gasteiger partial charge in [0.25, 0.3) is 0 Å². The highest BCUT2D eigenvalue weighted by Gasteiger charge is 2.56. The molecule has 84 heavy (non-hydrogen) atoms. The van der Waals surface area contributed by atoms with Crippen LogP contribution in [0.15, 0.2) is 254 Å². The molecule has 4 nitrogen and oxygen atoms in total. The summed E-state index contributed by atoms with van der Waals surface area (Å²) in [7, 11) is 7.14. The quantitative estimate of drug-likeness (QED) is 0.0988. The highest BCUT2D eigenvalue weighted by atomic mass is 16.5. The molecular formula is C80H74O4. The first-order chi connectivity index (χ1) is 41.2. The van der Waals surface area contributed by atoms with E-state index < -0.39 is 5.41 Å². The SMILES string of the molecule is COC1=CC=C(C2=CC=C(C3=CC4=C(CC3)c3ccc(C5=CC=C(/C(C)=C/C=C(\C)OC)CC5)cc3C43C4=C(CCC(C5=CC=C(C6=CC=C(OC)C7C[C@H]67)C6C[C@H]56)=C4)c4ccc(-c5ccc(-c6ccc(OC)cc6)cc5)cc43)CC2)[C@H]2CC12. The number of hydrogen-bond donors (Lipinski definition) is 0. The summed E-state index contributed by atoms with van der Waals surface area (Å²) in [6, 6.07) is 32.9. The van der Waals surface area contributed by atoms with E-state index in [2.05, 4.69) is 177 Å². The molecule has 4 heteroatoms. The smallest absolute Gasteiger partial charge is 0.118 e. The molecule has 12 aliphatic carbocycles. The summed E-state index contributed by atoms with van der Waals surface area (Å²) in [5.41, 5.74) is 34.1. The normalized spacial score (nSPS) is 27.6. The van der Waals surface area contributed by atoms with Crippen molar-refractivity contribution in [2.24, 2.45) is 35.5 Å². The molecule has 0 heterocycles. The molecule has 4 aromatic rings.